The van der Waals surface area contributed by atoms with Crippen molar-refractivity contribution in [2.75, 3.05) is 12.4 Å². The molecule has 0 unspecified atom stereocenters. The highest BCUT2D eigenvalue weighted by atomic mass is 127. The second-order valence-corrected chi connectivity index (χ2v) is 6.85. The third kappa shape index (κ3) is 3.32. The van der Waals surface area contributed by atoms with Gasteiger partial charge in [-0.3, -0.25) is 4.79 Å². The smallest absolute Gasteiger partial charge is 0.260 e. The van der Waals surface area contributed by atoms with Crippen LogP contribution in [-0.4, -0.2) is 18.0 Å². The Hall–Kier alpha value is -1.67. The number of ether oxygens (including phenoxy) is 1. The van der Waals surface area contributed by atoms with Crippen molar-refractivity contribution in [1.82, 2.24) is 4.98 Å². The Bertz CT molecular complexity index is 882. The van der Waals surface area contributed by atoms with Crippen LogP contribution in [0, 0.1) is 3.57 Å². The first kappa shape index (κ1) is 16.2. The summed E-state index contributed by atoms with van der Waals surface area (Å²) < 4.78 is 7.20. The van der Waals surface area contributed by atoms with E-state index >= 15 is 0 Å². The molecular formula is C17H12BrIN2O2. The van der Waals surface area contributed by atoms with Crippen LogP contribution in [-0.2, 0) is 0 Å². The summed E-state index contributed by atoms with van der Waals surface area (Å²) in [5, 5.41) is 4.75. The van der Waals surface area contributed by atoms with Gasteiger partial charge < -0.3 is 10.1 Å². The predicted octanol–water partition coefficient (Wildman–Crippen LogP) is 4.86. The number of carbonyl (C=O) groups is 1. The number of amides is 1. The molecular weight excluding hydrogens is 471 g/mol. The van der Waals surface area contributed by atoms with Crippen molar-refractivity contribution < 1.29 is 9.53 Å². The maximum Gasteiger partial charge on any atom is 0.260 e. The van der Waals surface area contributed by atoms with Gasteiger partial charge in [-0.15, -0.1) is 0 Å². The first-order chi connectivity index (χ1) is 11.1. The zero-order valence-corrected chi connectivity index (χ0v) is 15.9. The zero-order chi connectivity index (χ0) is 16.4. The minimum atomic E-state index is -0.262. The number of rotatable bonds is 3. The molecule has 1 heterocycles. The fourth-order valence-corrected chi connectivity index (χ4v) is 3.34. The van der Waals surface area contributed by atoms with Crippen LogP contribution < -0.4 is 10.1 Å². The molecule has 3 rings (SSSR count). The molecule has 1 aromatic heterocycles. The van der Waals surface area contributed by atoms with Crippen molar-refractivity contribution in [3.8, 4) is 5.75 Å². The van der Waals surface area contributed by atoms with Gasteiger partial charge in [-0.1, -0.05) is 24.3 Å². The van der Waals surface area contributed by atoms with Gasteiger partial charge in [-0.05, 0) is 67.5 Å². The monoisotopic (exact) mass is 482 g/mol. The average molecular weight is 483 g/mol. The van der Waals surface area contributed by atoms with Crippen molar-refractivity contribution in [3.05, 3.63) is 62.3 Å². The lowest BCUT2D eigenvalue weighted by atomic mass is 10.1. The maximum atomic E-state index is 12.6. The molecule has 0 saturated heterocycles. The van der Waals surface area contributed by atoms with Crippen molar-refractivity contribution in [2.24, 2.45) is 0 Å². The summed E-state index contributed by atoms with van der Waals surface area (Å²) in [4.78, 5) is 16.8. The van der Waals surface area contributed by atoms with Crippen LogP contribution in [0.2, 0.25) is 0 Å². The van der Waals surface area contributed by atoms with Crippen molar-refractivity contribution >= 4 is 61.0 Å². The second-order valence-electron chi connectivity index (χ2n) is 4.81. The summed E-state index contributed by atoms with van der Waals surface area (Å²) in [6, 6.07) is 13.3. The molecule has 0 spiro atoms. The highest BCUT2D eigenvalue weighted by molar-refractivity contribution is 14.1. The lowest BCUT2D eigenvalue weighted by Crippen LogP contribution is -2.14. The van der Waals surface area contributed by atoms with Gasteiger partial charge >= 0.3 is 0 Å². The fourth-order valence-electron chi connectivity index (χ4n) is 2.29. The van der Waals surface area contributed by atoms with E-state index in [2.05, 4.69) is 48.8 Å². The third-order valence-electron chi connectivity index (χ3n) is 3.36. The van der Waals surface area contributed by atoms with E-state index in [4.69, 9.17) is 4.74 Å². The Labute approximate surface area is 155 Å². The summed E-state index contributed by atoms with van der Waals surface area (Å²) in [7, 11) is 1.55. The van der Waals surface area contributed by atoms with Crippen LogP contribution >= 0.6 is 38.5 Å². The number of hydrogen-bond donors (Lipinski definition) is 1. The molecule has 23 heavy (non-hydrogen) atoms. The largest absolute Gasteiger partial charge is 0.495 e. The molecule has 116 valence electrons. The number of nitrogens with one attached hydrogen (secondary N) is 1. The molecule has 0 atom stereocenters. The molecule has 4 nitrogen and oxygen atoms in total. The quantitative estimate of drug-likeness (QED) is 0.542. The predicted molar refractivity (Wildman–Crippen MR) is 103 cm³/mol. The van der Waals surface area contributed by atoms with E-state index in [9.17, 15) is 4.79 Å². The van der Waals surface area contributed by atoms with Gasteiger partial charge in [0, 0.05) is 9.77 Å². The number of carbonyl (C=O) groups excluding carboxylic acids is 1. The van der Waals surface area contributed by atoms with E-state index in [1.165, 1.54) is 0 Å². The van der Waals surface area contributed by atoms with Crippen molar-refractivity contribution in [1.29, 1.82) is 0 Å². The van der Waals surface area contributed by atoms with Crippen LogP contribution in [0.15, 0.2) is 53.1 Å². The number of pyridine rings is 1. The summed E-state index contributed by atoms with van der Waals surface area (Å²) in [6.45, 7) is 0. The topological polar surface area (TPSA) is 51.2 Å². The molecule has 0 aliphatic heterocycles. The zero-order valence-electron chi connectivity index (χ0n) is 12.1. The Morgan fingerprint density at radius 2 is 2.04 bits per heavy atom. The van der Waals surface area contributed by atoms with E-state index in [0.717, 1.165) is 18.8 Å². The molecule has 0 aliphatic rings. The van der Waals surface area contributed by atoms with E-state index in [1.54, 1.807) is 19.4 Å². The highest BCUT2D eigenvalue weighted by Gasteiger charge is 2.18. The minimum absolute atomic E-state index is 0.262. The van der Waals surface area contributed by atoms with Gasteiger partial charge in [0.2, 0.25) is 0 Å². The molecule has 0 saturated carbocycles. The summed E-state index contributed by atoms with van der Waals surface area (Å²) >= 11 is 5.70. The Morgan fingerprint density at radius 3 is 2.74 bits per heavy atom. The number of nitrogens with zero attached hydrogens (tertiary/aromatic N) is 1. The van der Waals surface area contributed by atoms with Crippen LogP contribution in [0.4, 0.5) is 5.82 Å². The average Bonchev–Trinajstić information content (AvgIpc) is 2.57. The van der Waals surface area contributed by atoms with E-state index in [-0.39, 0.29) is 5.91 Å². The molecule has 2 aromatic carbocycles. The van der Waals surface area contributed by atoms with E-state index in [1.807, 2.05) is 36.4 Å². The lowest BCUT2D eigenvalue weighted by Gasteiger charge is -2.13. The summed E-state index contributed by atoms with van der Waals surface area (Å²) in [6.07, 6.45) is 1.70. The Balaban J connectivity index is 2.04. The van der Waals surface area contributed by atoms with Gasteiger partial charge in [0.15, 0.2) is 0 Å². The normalized spacial score (nSPS) is 10.6. The van der Waals surface area contributed by atoms with Gasteiger partial charge in [0.25, 0.3) is 5.91 Å². The standard InChI is InChI=1S/C17H12BrIN2O2/c1-23-16-13(8-10-4-2-3-5-12(10)15(16)18)17(22)21-14-7-6-11(19)9-20-14/h2-9H,1H3,(H,20,21,22). The summed E-state index contributed by atoms with van der Waals surface area (Å²) in [5.74, 6) is 0.746. The SMILES string of the molecule is COc1c(C(=O)Nc2ccc(I)cn2)cc2ccccc2c1Br. The van der Waals surface area contributed by atoms with Crippen LogP contribution in [0.5, 0.6) is 5.75 Å². The molecule has 0 radical (unpaired) electrons. The maximum absolute atomic E-state index is 12.6. The van der Waals surface area contributed by atoms with Gasteiger partial charge in [0.1, 0.15) is 11.6 Å². The Kier molecular flexibility index (Phi) is 4.82. The number of aromatic nitrogens is 1. The second kappa shape index (κ2) is 6.84. The van der Waals surface area contributed by atoms with Crippen LogP contribution in [0.1, 0.15) is 10.4 Å². The van der Waals surface area contributed by atoms with E-state index in [0.29, 0.717) is 17.1 Å². The van der Waals surface area contributed by atoms with Crippen molar-refractivity contribution in [2.45, 2.75) is 0 Å². The molecule has 0 aliphatic carbocycles. The van der Waals surface area contributed by atoms with Gasteiger partial charge in [-0.25, -0.2) is 4.98 Å². The Morgan fingerprint density at radius 1 is 1.26 bits per heavy atom. The molecule has 3 aromatic rings. The fraction of sp³-hybridized carbons (Fsp3) is 0.0588. The first-order valence-electron chi connectivity index (χ1n) is 6.78. The van der Waals surface area contributed by atoms with Gasteiger partial charge in [0.05, 0.1) is 17.1 Å². The molecule has 1 N–H and O–H groups in total. The minimum Gasteiger partial charge on any atom is -0.495 e. The first-order valence-corrected chi connectivity index (χ1v) is 8.65. The number of anilines is 1. The van der Waals surface area contributed by atoms with Crippen molar-refractivity contribution in [3.63, 3.8) is 0 Å². The molecule has 1 amide bonds. The number of fused-ring (bicyclic) bond motifs is 1. The van der Waals surface area contributed by atoms with Crippen LogP contribution in [0.3, 0.4) is 0 Å². The highest BCUT2D eigenvalue weighted by Crippen LogP contribution is 2.36. The third-order valence-corrected chi connectivity index (χ3v) is 4.78. The van der Waals surface area contributed by atoms with Gasteiger partial charge in [-0.2, -0.15) is 0 Å². The lowest BCUT2D eigenvalue weighted by molar-refractivity contribution is 0.102. The molecule has 6 heteroatoms. The number of methoxy groups -OCH3 is 1. The number of benzene rings is 2. The number of hydrogen-bond acceptors (Lipinski definition) is 3. The number of halogens is 2. The van der Waals surface area contributed by atoms with E-state index < -0.39 is 0 Å². The molecule has 0 fully saturated rings. The molecule has 0 bridgehead atoms. The summed E-state index contributed by atoms with van der Waals surface area (Å²) in [5.41, 5.74) is 0.457. The van der Waals surface area contributed by atoms with Crippen LogP contribution in [0.25, 0.3) is 10.8 Å².